The molecule has 1 aromatic carbocycles. The number of nitrogens with one attached hydrogen (secondary N) is 2. The zero-order chi connectivity index (χ0) is 21.6. The van der Waals surface area contributed by atoms with Crippen molar-refractivity contribution in [3.8, 4) is 0 Å². The van der Waals surface area contributed by atoms with Crippen molar-refractivity contribution >= 4 is 26.7 Å². The average Bonchev–Trinajstić information content (AvgIpc) is 3.43. The molecular weight excluding hydrogens is 414 g/mol. The predicted molar refractivity (Wildman–Crippen MR) is 119 cm³/mol. The van der Waals surface area contributed by atoms with E-state index < -0.39 is 16.3 Å². The molecule has 1 aliphatic carbocycles. The molecule has 1 atom stereocenters. The maximum atomic E-state index is 13.1. The van der Waals surface area contributed by atoms with Crippen LogP contribution in [0.2, 0.25) is 0 Å². The van der Waals surface area contributed by atoms with Gasteiger partial charge in [0.25, 0.3) is 10.0 Å². The number of pyridine rings is 1. The fourth-order valence-corrected chi connectivity index (χ4v) is 6.09. The summed E-state index contributed by atoms with van der Waals surface area (Å²) in [6.07, 6.45) is 6.67. The number of aliphatic hydroxyl groups is 1. The number of fused-ring (bicyclic) bond motifs is 3. The summed E-state index contributed by atoms with van der Waals surface area (Å²) < 4.78 is 27.4. The normalized spacial score (nSPS) is 22.9. The molecule has 8 nitrogen and oxygen atoms in total. The van der Waals surface area contributed by atoms with Crippen molar-refractivity contribution in [3.63, 3.8) is 0 Å². The van der Waals surface area contributed by atoms with Gasteiger partial charge in [0, 0.05) is 35.7 Å². The number of nitrogens with zero attached hydrogens (tertiary/aromatic N) is 3. The fourth-order valence-electron chi connectivity index (χ4n) is 4.77. The van der Waals surface area contributed by atoms with Gasteiger partial charge in [-0.25, -0.2) is 17.4 Å². The van der Waals surface area contributed by atoms with Crippen LogP contribution in [0.3, 0.4) is 0 Å². The Hall–Kier alpha value is -2.46. The van der Waals surface area contributed by atoms with Gasteiger partial charge in [0.2, 0.25) is 0 Å². The minimum absolute atomic E-state index is 0.206. The van der Waals surface area contributed by atoms with Gasteiger partial charge in [0.1, 0.15) is 6.23 Å². The van der Waals surface area contributed by atoms with E-state index in [1.54, 1.807) is 48.8 Å². The molecule has 3 heterocycles. The van der Waals surface area contributed by atoms with Crippen molar-refractivity contribution in [1.29, 1.82) is 0 Å². The van der Waals surface area contributed by atoms with E-state index in [1.165, 1.54) is 3.97 Å². The zero-order valence-corrected chi connectivity index (χ0v) is 18.2. The van der Waals surface area contributed by atoms with Crippen LogP contribution in [0.1, 0.15) is 31.2 Å². The highest BCUT2D eigenvalue weighted by Gasteiger charge is 2.34. The van der Waals surface area contributed by atoms with Gasteiger partial charge in [-0.3, -0.25) is 0 Å². The molecule has 2 aliphatic rings. The van der Waals surface area contributed by atoms with Crippen LogP contribution in [0.4, 0.5) is 5.69 Å². The monoisotopic (exact) mass is 441 g/mol. The molecule has 164 valence electrons. The number of rotatable bonds is 5. The molecular formula is C22H27N5O3S. The first-order chi connectivity index (χ1) is 15.0. The average molecular weight is 442 g/mol. The largest absolute Gasteiger partial charge is 0.376 e. The molecule has 0 bridgehead atoms. The number of aliphatic hydroxyl groups excluding tert-OH is 1. The first kappa shape index (κ1) is 20.4. The summed E-state index contributed by atoms with van der Waals surface area (Å²) in [7, 11) is -1.74. The molecule has 0 amide bonds. The minimum atomic E-state index is -3.73. The number of hydrogen-bond donors (Lipinski definition) is 3. The number of benzene rings is 1. The van der Waals surface area contributed by atoms with Crippen LogP contribution in [-0.4, -0.2) is 46.8 Å². The highest BCUT2D eigenvalue weighted by atomic mass is 32.2. The second-order valence-corrected chi connectivity index (χ2v) is 10.2. The molecule has 0 radical (unpaired) electrons. The van der Waals surface area contributed by atoms with E-state index in [-0.39, 0.29) is 10.8 Å². The lowest BCUT2D eigenvalue weighted by Crippen LogP contribution is -2.43. The maximum absolute atomic E-state index is 13.1. The summed E-state index contributed by atoms with van der Waals surface area (Å²) in [5, 5.41) is 16.9. The van der Waals surface area contributed by atoms with Gasteiger partial charge in [-0.05, 0) is 50.9 Å². The van der Waals surface area contributed by atoms with Crippen LogP contribution < -0.4 is 10.7 Å². The quantitative estimate of drug-likeness (QED) is 0.559. The van der Waals surface area contributed by atoms with E-state index in [0.717, 1.165) is 42.3 Å². The van der Waals surface area contributed by atoms with Crippen LogP contribution in [-0.2, 0) is 16.6 Å². The van der Waals surface area contributed by atoms with Crippen LogP contribution >= 0.6 is 0 Å². The smallest absolute Gasteiger partial charge is 0.269 e. The van der Waals surface area contributed by atoms with Crippen LogP contribution in [0.15, 0.2) is 53.7 Å². The van der Waals surface area contributed by atoms with Crippen LogP contribution in [0, 0.1) is 5.92 Å². The number of anilines is 1. The summed E-state index contributed by atoms with van der Waals surface area (Å²) >= 11 is 0. The molecule has 1 unspecified atom stereocenters. The van der Waals surface area contributed by atoms with E-state index >= 15 is 0 Å². The molecule has 31 heavy (non-hydrogen) atoms. The summed E-state index contributed by atoms with van der Waals surface area (Å²) in [5.74, 6) is 0.206. The zero-order valence-electron chi connectivity index (χ0n) is 17.4. The molecule has 1 aliphatic heterocycles. The van der Waals surface area contributed by atoms with Crippen molar-refractivity contribution in [3.05, 3.63) is 54.4 Å². The molecule has 0 spiro atoms. The van der Waals surface area contributed by atoms with Crippen molar-refractivity contribution in [2.24, 2.45) is 5.92 Å². The third kappa shape index (κ3) is 3.51. The van der Waals surface area contributed by atoms with Gasteiger partial charge in [-0.1, -0.05) is 18.2 Å². The van der Waals surface area contributed by atoms with Crippen LogP contribution in [0.25, 0.3) is 11.0 Å². The molecule has 9 heteroatoms. The molecule has 3 aromatic rings. The van der Waals surface area contributed by atoms with Crippen molar-refractivity contribution in [2.45, 2.75) is 49.4 Å². The van der Waals surface area contributed by atoms with E-state index in [1.807, 2.05) is 12.1 Å². The van der Waals surface area contributed by atoms with Crippen molar-refractivity contribution < 1.29 is 13.5 Å². The Labute approximate surface area is 181 Å². The standard InChI is InChI=1S/C22H27N5O3S/c1-23-16-9-7-15(8-10-16)22(28)26-14-19-18-11-12-27(21(18)24-13-20(19)25-26)31(29,30)17-5-3-2-4-6-17/h2-6,11-13,15-16,22-23,25,28H,7-10,14H2,1H3. The van der Waals surface area contributed by atoms with Crippen LogP contribution in [0.5, 0.6) is 0 Å². The second-order valence-electron chi connectivity index (χ2n) is 8.37. The summed E-state index contributed by atoms with van der Waals surface area (Å²) in [6, 6.07) is 10.7. The Morgan fingerprint density at radius 2 is 1.90 bits per heavy atom. The lowest BCUT2D eigenvalue weighted by atomic mass is 9.85. The van der Waals surface area contributed by atoms with Gasteiger partial charge in [0.15, 0.2) is 5.65 Å². The third-order valence-electron chi connectivity index (χ3n) is 6.61. The highest BCUT2D eigenvalue weighted by molar-refractivity contribution is 7.90. The van der Waals surface area contributed by atoms with Gasteiger partial charge in [-0.2, -0.15) is 5.01 Å². The molecule has 0 saturated heterocycles. The Morgan fingerprint density at radius 1 is 1.16 bits per heavy atom. The minimum Gasteiger partial charge on any atom is -0.376 e. The van der Waals surface area contributed by atoms with E-state index in [0.29, 0.717) is 18.2 Å². The topological polar surface area (TPSA) is 99.5 Å². The molecule has 3 N–H and O–H groups in total. The van der Waals surface area contributed by atoms with Crippen molar-refractivity contribution in [1.82, 2.24) is 19.3 Å². The van der Waals surface area contributed by atoms with Gasteiger partial charge >= 0.3 is 0 Å². The predicted octanol–water partition coefficient (Wildman–Crippen LogP) is 2.51. The summed E-state index contributed by atoms with van der Waals surface area (Å²) in [6.45, 7) is 0.497. The third-order valence-corrected chi connectivity index (χ3v) is 8.29. The highest BCUT2D eigenvalue weighted by Crippen LogP contribution is 2.36. The number of aromatic nitrogens is 2. The van der Waals surface area contributed by atoms with Gasteiger partial charge in [-0.15, -0.1) is 0 Å². The SMILES string of the molecule is CNC1CCC(C(O)N2Cc3c(cnc4c3ccn4S(=O)(=O)c3ccccc3)N2)CC1. The molecule has 2 aromatic heterocycles. The Balaban J connectivity index is 1.41. The molecule has 1 saturated carbocycles. The Morgan fingerprint density at radius 3 is 2.61 bits per heavy atom. The molecule has 5 rings (SSSR count). The maximum Gasteiger partial charge on any atom is 0.269 e. The van der Waals surface area contributed by atoms with Crippen molar-refractivity contribution in [2.75, 3.05) is 12.5 Å². The van der Waals surface area contributed by atoms with Gasteiger partial charge < -0.3 is 15.8 Å². The Bertz CT molecular complexity index is 1190. The van der Waals surface area contributed by atoms with E-state index in [9.17, 15) is 13.5 Å². The fraction of sp³-hybridized carbons (Fsp3) is 0.409. The van der Waals surface area contributed by atoms with E-state index in [2.05, 4.69) is 15.7 Å². The lowest BCUT2D eigenvalue weighted by molar-refractivity contribution is -0.0391. The summed E-state index contributed by atoms with van der Waals surface area (Å²) in [4.78, 5) is 4.66. The number of hydrogen-bond acceptors (Lipinski definition) is 7. The second kappa shape index (κ2) is 7.90. The summed E-state index contributed by atoms with van der Waals surface area (Å²) in [5.41, 5.74) is 5.44. The lowest BCUT2D eigenvalue weighted by Gasteiger charge is -2.35. The van der Waals surface area contributed by atoms with Gasteiger partial charge in [0.05, 0.1) is 16.8 Å². The molecule has 1 fully saturated rings. The first-order valence-corrected chi connectivity index (χ1v) is 12.1. The first-order valence-electron chi connectivity index (χ1n) is 10.7. The number of hydrazine groups is 1. The van der Waals surface area contributed by atoms with E-state index in [4.69, 9.17) is 0 Å². The Kier molecular flexibility index (Phi) is 5.21.